The Hall–Kier alpha value is 0.430. The van der Waals surface area contributed by atoms with Crippen molar-refractivity contribution in [3.8, 4) is 0 Å². The first kappa shape index (κ1) is 8.53. The first-order chi connectivity index (χ1) is 4.83. The molecule has 0 fully saturated rings. The average Bonchev–Trinajstić information content (AvgIpc) is 1.95. The van der Waals surface area contributed by atoms with Crippen molar-refractivity contribution in [2.45, 2.75) is 6.92 Å². The minimum atomic E-state index is 0.296. The molecular weight excluding hydrogens is 303 g/mol. The van der Waals surface area contributed by atoms with Gasteiger partial charge in [-0.25, -0.2) is 0 Å². The summed E-state index contributed by atoms with van der Waals surface area (Å²) in [5.41, 5.74) is 0. The van der Waals surface area contributed by atoms with Crippen LogP contribution in [0.4, 0.5) is 0 Å². The Kier molecular flexibility index (Phi) is 3.70. The molecule has 1 rings (SSSR count). The number of alkyl halides is 1. The molecule has 0 bridgehead atoms. The Morgan fingerprint density at radius 2 is 1.90 bits per heavy atom. The molecule has 56 valence electrons. The van der Waals surface area contributed by atoms with Gasteiger partial charge < -0.3 is 0 Å². The van der Waals surface area contributed by atoms with E-state index in [0.717, 1.165) is 0 Å². The molecule has 0 aliphatic carbocycles. The fourth-order valence-corrected chi connectivity index (χ4v) is 2.69. The van der Waals surface area contributed by atoms with E-state index < -0.39 is 0 Å². The van der Waals surface area contributed by atoms with Crippen molar-refractivity contribution in [3.63, 3.8) is 0 Å². The zero-order chi connectivity index (χ0) is 7.40. The number of hydrogen-bond acceptors (Lipinski definition) is 0. The van der Waals surface area contributed by atoms with Gasteiger partial charge in [0, 0.05) is 0 Å². The van der Waals surface area contributed by atoms with E-state index in [1.165, 1.54) is 12.5 Å². The molecule has 0 radical (unpaired) electrons. The second kappa shape index (κ2) is 4.34. The number of benzene rings is 1. The van der Waals surface area contributed by atoms with Crippen LogP contribution < -0.4 is 21.2 Å². The van der Waals surface area contributed by atoms with E-state index in [1.54, 1.807) is 0 Å². The van der Waals surface area contributed by atoms with E-state index in [4.69, 9.17) is 0 Å². The van der Waals surface area contributed by atoms with Crippen LogP contribution in [0.2, 0.25) is 0 Å². The van der Waals surface area contributed by atoms with Crippen LogP contribution in [0.25, 0.3) is 0 Å². The van der Waals surface area contributed by atoms with Crippen LogP contribution >= 0.6 is 15.9 Å². The molecule has 0 N–H and O–H groups in total. The second-order valence-corrected chi connectivity index (χ2v) is 6.29. The molecule has 0 spiro atoms. The van der Waals surface area contributed by atoms with Crippen LogP contribution in [-0.4, -0.2) is 4.43 Å². The third-order valence-corrected chi connectivity index (χ3v) is 3.98. The van der Waals surface area contributed by atoms with Crippen molar-refractivity contribution in [2.75, 3.05) is 4.43 Å². The van der Waals surface area contributed by atoms with Gasteiger partial charge in [-0.1, -0.05) is 0 Å². The normalized spacial score (nSPS) is 10.2. The molecule has 1 aromatic carbocycles. The van der Waals surface area contributed by atoms with Gasteiger partial charge in [0.2, 0.25) is 0 Å². The van der Waals surface area contributed by atoms with Crippen molar-refractivity contribution >= 4 is 15.9 Å². The van der Waals surface area contributed by atoms with E-state index in [0.29, 0.717) is 21.2 Å². The molecule has 0 aliphatic rings. The predicted octanol–water partition coefficient (Wildman–Crippen LogP) is -0.272. The van der Waals surface area contributed by atoms with E-state index in [2.05, 4.69) is 47.1 Å². The van der Waals surface area contributed by atoms with E-state index in [9.17, 15) is 0 Å². The Morgan fingerprint density at radius 1 is 1.30 bits per heavy atom. The molecule has 2 heteroatoms. The van der Waals surface area contributed by atoms with Gasteiger partial charge in [0.25, 0.3) is 0 Å². The Bertz CT molecular complexity index is 193. The SMILES string of the molecule is CC[I-]c1ccc(Br)cc1. The Balaban J connectivity index is 2.69. The van der Waals surface area contributed by atoms with Gasteiger partial charge in [-0.15, -0.1) is 0 Å². The summed E-state index contributed by atoms with van der Waals surface area (Å²) in [5, 5.41) is 0. The van der Waals surface area contributed by atoms with Crippen LogP contribution in [0.5, 0.6) is 0 Å². The predicted molar refractivity (Wildman–Crippen MR) is 43.4 cm³/mol. The summed E-state index contributed by atoms with van der Waals surface area (Å²) < 4.78 is 4.04. The zero-order valence-electron chi connectivity index (χ0n) is 5.77. The van der Waals surface area contributed by atoms with Crippen molar-refractivity contribution in [3.05, 3.63) is 32.3 Å². The summed E-state index contributed by atoms with van der Waals surface area (Å²) >= 11 is 3.71. The van der Waals surface area contributed by atoms with Gasteiger partial charge >= 0.3 is 80.8 Å². The van der Waals surface area contributed by atoms with Gasteiger partial charge in [0.1, 0.15) is 0 Å². The fourth-order valence-electron chi connectivity index (χ4n) is 0.673. The fraction of sp³-hybridized carbons (Fsp3) is 0.250. The number of halogens is 2. The molecule has 0 heterocycles. The Morgan fingerprint density at radius 3 is 2.40 bits per heavy atom. The van der Waals surface area contributed by atoms with Crippen molar-refractivity contribution in [1.82, 2.24) is 0 Å². The van der Waals surface area contributed by atoms with Gasteiger partial charge in [-0.3, -0.25) is 0 Å². The van der Waals surface area contributed by atoms with Crippen molar-refractivity contribution < 1.29 is 21.2 Å². The third-order valence-electron chi connectivity index (χ3n) is 1.09. The summed E-state index contributed by atoms with van der Waals surface area (Å²) in [6.45, 7) is 2.25. The molecule has 0 nitrogen and oxygen atoms in total. The Labute approximate surface area is 80.4 Å². The molecule has 0 amide bonds. The summed E-state index contributed by atoms with van der Waals surface area (Å²) in [5.74, 6) is 0. The maximum absolute atomic E-state index is 3.41. The first-order valence-corrected chi connectivity index (χ1v) is 6.57. The van der Waals surface area contributed by atoms with Crippen LogP contribution in [-0.2, 0) is 0 Å². The molecule has 10 heavy (non-hydrogen) atoms. The van der Waals surface area contributed by atoms with Crippen LogP contribution in [0, 0.1) is 3.57 Å². The summed E-state index contributed by atoms with van der Waals surface area (Å²) in [6, 6.07) is 8.65. The second-order valence-electron chi connectivity index (χ2n) is 1.84. The van der Waals surface area contributed by atoms with E-state index in [1.807, 2.05) is 0 Å². The molecule has 0 saturated heterocycles. The monoisotopic (exact) mass is 311 g/mol. The standard InChI is InChI=1S/C8H9BrI/c1-2-10-8-5-3-7(9)4-6-8/h3-6H,2H2,1H3/q-1. The van der Waals surface area contributed by atoms with Crippen LogP contribution in [0.15, 0.2) is 28.7 Å². The number of hydrogen-bond donors (Lipinski definition) is 0. The molecule has 0 aromatic heterocycles. The molecule has 1 aromatic rings. The van der Waals surface area contributed by atoms with Crippen LogP contribution in [0.1, 0.15) is 6.92 Å². The summed E-state index contributed by atoms with van der Waals surface area (Å²) in [6.07, 6.45) is 0. The van der Waals surface area contributed by atoms with Crippen LogP contribution in [0.3, 0.4) is 0 Å². The van der Waals surface area contributed by atoms with E-state index in [-0.39, 0.29) is 0 Å². The summed E-state index contributed by atoms with van der Waals surface area (Å²) in [4.78, 5) is 0. The topological polar surface area (TPSA) is 0 Å². The molecule has 0 saturated carbocycles. The van der Waals surface area contributed by atoms with Gasteiger partial charge in [-0.05, 0) is 0 Å². The minimum absolute atomic E-state index is 0.296. The summed E-state index contributed by atoms with van der Waals surface area (Å²) in [7, 11) is 0. The van der Waals surface area contributed by atoms with Crippen molar-refractivity contribution in [1.29, 1.82) is 0 Å². The van der Waals surface area contributed by atoms with Gasteiger partial charge in [0.15, 0.2) is 0 Å². The maximum atomic E-state index is 3.41. The van der Waals surface area contributed by atoms with Gasteiger partial charge in [0.05, 0.1) is 0 Å². The van der Waals surface area contributed by atoms with E-state index >= 15 is 0 Å². The number of rotatable bonds is 2. The van der Waals surface area contributed by atoms with Gasteiger partial charge in [-0.2, -0.15) is 0 Å². The molecule has 0 aliphatic heterocycles. The molecular formula is C8H9BrI-. The van der Waals surface area contributed by atoms with Crippen molar-refractivity contribution in [2.24, 2.45) is 0 Å². The molecule has 0 atom stereocenters. The third kappa shape index (κ3) is 2.58. The quantitative estimate of drug-likeness (QED) is 0.521. The zero-order valence-corrected chi connectivity index (χ0v) is 9.52. The molecule has 0 unspecified atom stereocenters. The average molecular weight is 312 g/mol. The first-order valence-electron chi connectivity index (χ1n) is 3.17.